The van der Waals surface area contributed by atoms with Crippen LogP contribution in [0.5, 0.6) is 0 Å². The highest BCUT2D eigenvalue weighted by molar-refractivity contribution is 5.82. The lowest BCUT2D eigenvalue weighted by atomic mass is 10.0. The second-order valence-corrected chi connectivity index (χ2v) is 4.24. The van der Waals surface area contributed by atoms with Crippen LogP contribution >= 0.6 is 0 Å². The van der Waals surface area contributed by atoms with Crippen molar-refractivity contribution >= 4 is 10.9 Å². The lowest BCUT2D eigenvalue weighted by Gasteiger charge is -2.07. The fourth-order valence-corrected chi connectivity index (χ4v) is 2.13. The number of aryl methyl sites for hydroxylation is 2. The first-order chi connectivity index (χ1) is 8.35. The first-order valence-corrected chi connectivity index (χ1v) is 6.21. The summed E-state index contributed by atoms with van der Waals surface area (Å²) in [5, 5.41) is 1.28. The van der Waals surface area contributed by atoms with Gasteiger partial charge in [0.25, 0.3) is 0 Å². The van der Waals surface area contributed by atoms with E-state index in [0.717, 1.165) is 31.4 Å². The summed E-state index contributed by atoms with van der Waals surface area (Å²) in [7, 11) is 1.74. The second kappa shape index (κ2) is 5.78. The van der Waals surface area contributed by atoms with Crippen molar-refractivity contribution in [1.29, 1.82) is 0 Å². The Morgan fingerprint density at radius 2 is 2.06 bits per heavy atom. The van der Waals surface area contributed by atoms with E-state index in [1.54, 1.807) is 7.11 Å². The minimum Gasteiger partial charge on any atom is -0.385 e. The third-order valence-electron chi connectivity index (χ3n) is 3.02. The number of nitrogens with zero attached hydrogens (tertiary/aromatic N) is 1. The van der Waals surface area contributed by atoms with Gasteiger partial charge in [0.05, 0.1) is 5.52 Å². The van der Waals surface area contributed by atoms with Crippen molar-refractivity contribution < 1.29 is 4.74 Å². The summed E-state index contributed by atoms with van der Waals surface area (Å²) in [6.07, 6.45) is 3.08. The molecule has 2 heteroatoms. The van der Waals surface area contributed by atoms with Crippen LogP contribution in [0, 0.1) is 0 Å². The van der Waals surface area contributed by atoms with Crippen LogP contribution in [0.1, 0.15) is 24.6 Å². The van der Waals surface area contributed by atoms with Crippen LogP contribution in [-0.4, -0.2) is 18.7 Å². The van der Waals surface area contributed by atoms with Gasteiger partial charge in [0.2, 0.25) is 0 Å². The van der Waals surface area contributed by atoms with E-state index in [2.05, 4.69) is 31.2 Å². The number of pyridine rings is 1. The van der Waals surface area contributed by atoms with Crippen molar-refractivity contribution in [1.82, 2.24) is 4.98 Å². The lowest BCUT2D eigenvalue weighted by Crippen LogP contribution is -1.98. The van der Waals surface area contributed by atoms with Crippen molar-refractivity contribution in [2.75, 3.05) is 13.7 Å². The molecule has 0 fully saturated rings. The molecule has 2 aromatic rings. The minimum absolute atomic E-state index is 0.802. The average Bonchev–Trinajstić information content (AvgIpc) is 2.38. The van der Waals surface area contributed by atoms with E-state index >= 15 is 0 Å². The fourth-order valence-electron chi connectivity index (χ4n) is 2.13. The molecule has 0 amide bonds. The summed E-state index contributed by atoms with van der Waals surface area (Å²) in [6, 6.07) is 10.6. The SMILES string of the molecule is CCc1cc(CCCOC)nc2ccccc12. The largest absolute Gasteiger partial charge is 0.385 e. The molecule has 17 heavy (non-hydrogen) atoms. The van der Waals surface area contributed by atoms with Crippen LogP contribution in [-0.2, 0) is 17.6 Å². The smallest absolute Gasteiger partial charge is 0.0708 e. The molecule has 90 valence electrons. The van der Waals surface area contributed by atoms with Crippen LogP contribution in [0.4, 0.5) is 0 Å². The fraction of sp³-hybridized carbons (Fsp3) is 0.400. The Balaban J connectivity index is 2.32. The molecule has 1 heterocycles. The van der Waals surface area contributed by atoms with E-state index in [4.69, 9.17) is 9.72 Å². The zero-order valence-corrected chi connectivity index (χ0v) is 10.6. The predicted molar refractivity (Wildman–Crippen MR) is 71.3 cm³/mol. The molecule has 0 aliphatic heterocycles. The van der Waals surface area contributed by atoms with Crippen molar-refractivity contribution in [3.63, 3.8) is 0 Å². The van der Waals surface area contributed by atoms with Gasteiger partial charge in [0.1, 0.15) is 0 Å². The topological polar surface area (TPSA) is 22.1 Å². The number of para-hydroxylation sites is 1. The first kappa shape index (κ1) is 12.1. The molecule has 2 nitrogen and oxygen atoms in total. The molecule has 0 aliphatic carbocycles. The van der Waals surface area contributed by atoms with Gasteiger partial charge in [-0.2, -0.15) is 0 Å². The molecule has 0 bridgehead atoms. The molecule has 0 saturated carbocycles. The Morgan fingerprint density at radius 3 is 2.82 bits per heavy atom. The second-order valence-electron chi connectivity index (χ2n) is 4.24. The average molecular weight is 229 g/mol. The third-order valence-corrected chi connectivity index (χ3v) is 3.02. The molecule has 0 saturated heterocycles. The monoisotopic (exact) mass is 229 g/mol. The van der Waals surface area contributed by atoms with Gasteiger partial charge in [-0.15, -0.1) is 0 Å². The Kier molecular flexibility index (Phi) is 4.10. The van der Waals surface area contributed by atoms with Crippen molar-refractivity contribution in [2.24, 2.45) is 0 Å². The molecular weight excluding hydrogens is 210 g/mol. The molecule has 1 aromatic carbocycles. The third kappa shape index (κ3) is 2.83. The molecule has 0 N–H and O–H groups in total. The normalized spacial score (nSPS) is 10.9. The number of rotatable bonds is 5. The van der Waals surface area contributed by atoms with Gasteiger partial charge < -0.3 is 4.74 Å². The van der Waals surface area contributed by atoms with Crippen LogP contribution in [0.3, 0.4) is 0 Å². The van der Waals surface area contributed by atoms with Crippen LogP contribution in [0.15, 0.2) is 30.3 Å². The summed E-state index contributed by atoms with van der Waals surface area (Å²) in [4.78, 5) is 4.70. The molecule has 0 radical (unpaired) electrons. The van der Waals surface area contributed by atoms with Gasteiger partial charge in [0, 0.05) is 24.8 Å². The van der Waals surface area contributed by atoms with Gasteiger partial charge in [0.15, 0.2) is 0 Å². The summed E-state index contributed by atoms with van der Waals surface area (Å²) < 4.78 is 5.08. The molecule has 0 spiro atoms. The lowest BCUT2D eigenvalue weighted by molar-refractivity contribution is 0.195. The number of ether oxygens (including phenoxy) is 1. The standard InChI is InChI=1S/C15H19NO/c1-3-12-11-13(7-6-10-17-2)16-15-9-5-4-8-14(12)15/h4-5,8-9,11H,3,6-7,10H2,1-2H3. The molecule has 0 unspecified atom stereocenters. The Labute approximate surface area is 103 Å². The number of aromatic nitrogens is 1. The molecule has 0 aliphatic rings. The highest BCUT2D eigenvalue weighted by atomic mass is 16.5. The van der Waals surface area contributed by atoms with Crippen LogP contribution in [0.2, 0.25) is 0 Å². The Bertz CT molecular complexity index is 493. The highest BCUT2D eigenvalue weighted by Gasteiger charge is 2.03. The summed E-state index contributed by atoms with van der Waals surface area (Å²) in [6.45, 7) is 3.00. The maximum Gasteiger partial charge on any atom is 0.0708 e. The zero-order chi connectivity index (χ0) is 12.1. The van der Waals surface area contributed by atoms with E-state index in [9.17, 15) is 0 Å². The van der Waals surface area contributed by atoms with Crippen molar-refractivity contribution in [3.8, 4) is 0 Å². The molecule has 1 aromatic heterocycles. The van der Waals surface area contributed by atoms with E-state index in [1.165, 1.54) is 16.6 Å². The highest BCUT2D eigenvalue weighted by Crippen LogP contribution is 2.19. The summed E-state index contributed by atoms with van der Waals surface area (Å²) in [5.74, 6) is 0. The maximum absolute atomic E-state index is 5.08. The van der Waals surface area contributed by atoms with Gasteiger partial charge in [-0.25, -0.2) is 0 Å². The maximum atomic E-state index is 5.08. The Morgan fingerprint density at radius 1 is 1.24 bits per heavy atom. The van der Waals surface area contributed by atoms with Gasteiger partial charge in [-0.1, -0.05) is 25.1 Å². The zero-order valence-electron chi connectivity index (χ0n) is 10.6. The molecular formula is C15H19NO. The van der Waals surface area contributed by atoms with E-state index in [1.807, 2.05) is 6.07 Å². The van der Waals surface area contributed by atoms with E-state index in [0.29, 0.717) is 0 Å². The predicted octanol–water partition coefficient (Wildman–Crippen LogP) is 3.38. The van der Waals surface area contributed by atoms with Crippen LogP contribution < -0.4 is 0 Å². The minimum atomic E-state index is 0.802. The quantitative estimate of drug-likeness (QED) is 0.733. The summed E-state index contributed by atoms with van der Waals surface area (Å²) >= 11 is 0. The number of hydrogen-bond acceptors (Lipinski definition) is 2. The first-order valence-electron chi connectivity index (χ1n) is 6.21. The number of fused-ring (bicyclic) bond motifs is 1. The van der Waals surface area contributed by atoms with Crippen molar-refractivity contribution in [3.05, 3.63) is 41.6 Å². The number of methoxy groups -OCH3 is 1. The number of benzene rings is 1. The van der Waals surface area contributed by atoms with Crippen LogP contribution in [0.25, 0.3) is 10.9 Å². The molecule has 0 atom stereocenters. The van der Waals surface area contributed by atoms with E-state index < -0.39 is 0 Å². The molecule has 2 rings (SSSR count). The van der Waals surface area contributed by atoms with Gasteiger partial charge in [-0.3, -0.25) is 4.98 Å². The Hall–Kier alpha value is -1.41. The van der Waals surface area contributed by atoms with Gasteiger partial charge in [-0.05, 0) is 37.0 Å². The van der Waals surface area contributed by atoms with Crippen molar-refractivity contribution in [2.45, 2.75) is 26.2 Å². The summed E-state index contributed by atoms with van der Waals surface area (Å²) in [5.41, 5.74) is 3.68. The van der Waals surface area contributed by atoms with Gasteiger partial charge >= 0.3 is 0 Å². The number of hydrogen-bond donors (Lipinski definition) is 0. The van der Waals surface area contributed by atoms with E-state index in [-0.39, 0.29) is 0 Å².